The average molecular weight is 277 g/mol. The van der Waals surface area contributed by atoms with Crippen LogP contribution in [-0.4, -0.2) is 16.5 Å². The highest BCUT2D eigenvalue weighted by atomic mass is 14.9. The largest absolute Gasteiger partial charge is 0.306 e. The van der Waals surface area contributed by atoms with Crippen LogP contribution in [0.4, 0.5) is 0 Å². The zero-order valence-corrected chi connectivity index (χ0v) is 12.4. The Morgan fingerprint density at radius 1 is 1.00 bits per heavy atom. The molecule has 1 atom stereocenters. The monoisotopic (exact) mass is 277 g/mol. The number of hydrogen-bond donors (Lipinski definition) is 1. The normalized spacial score (nSPS) is 12.5. The zero-order valence-electron chi connectivity index (χ0n) is 12.4. The van der Waals surface area contributed by atoms with Crippen LogP contribution >= 0.6 is 0 Å². The molecule has 2 aromatic heterocycles. The predicted molar refractivity (Wildman–Crippen MR) is 86.2 cm³/mol. The van der Waals surface area contributed by atoms with Crippen molar-refractivity contribution in [2.24, 2.45) is 0 Å². The minimum absolute atomic E-state index is 0.158. The summed E-state index contributed by atoms with van der Waals surface area (Å²) in [6.07, 6.45) is 7.57. The van der Waals surface area contributed by atoms with Gasteiger partial charge in [0, 0.05) is 30.2 Å². The maximum atomic E-state index is 4.29. The Labute approximate surface area is 125 Å². The molecule has 1 N–H and O–H groups in total. The van der Waals surface area contributed by atoms with Crippen LogP contribution in [-0.2, 0) is 0 Å². The molecule has 3 aromatic rings. The number of nitrogens with zero attached hydrogens (tertiary/aromatic N) is 2. The molecule has 3 nitrogen and oxygen atoms in total. The molecular formula is C18H19N3. The van der Waals surface area contributed by atoms with Gasteiger partial charge in [-0.15, -0.1) is 0 Å². The van der Waals surface area contributed by atoms with E-state index >= 15 is 0 Å². The number of aromatic nitrogens is 2. The topological polar surface area (TPSA) is 37.8 Å². The van der Waals surface area contributed by atoms with E-state index in [4.69, 9.17) is 0 Å². The third-order valence-electron chi connectivity index (χ3n) is 3.81. The van der Waals surface area contributed by atoms with Crippen LogP contribution in [0, 0.1) is 6.92 Å². The van der Waals surface area contributed by atoms with Crippen LogP contribution in [0.1, 0.15) is 29.7 Å². The van der Waals surface area contributed by atoms with Gasteiger partial charge in [0.15, 0.2) is 0 Å². The maximum Gasteiger partial charge on any atom is 0.0587 e. The van der Waals surface area contributed by atoms with Gasteiger partial charge in [0.05, 0.1) is 6.04 Å². The van der Waals surface area contributed by atoms with Crippen molar-refractivity contribution in [1.82, 2.24) is 15.3 Å². The van der Waals surface area contributed by atoms with E-state index in [2.05, 4.69) is 59.5 Å². The summed E-state index contributed by atoms with van der Waals surface area (Å²) in [7, 11) is 0. The van der Waals surface area contributed by atoms with Crippen LogP contribution in [0.3, 0.4) is 0 Å². The molecule has 0 aliphatic rings. The fraction of sp³-hybridized carbons (Fsp3) is 0.222. The number of pyridine rings is 2. The number of fused-ring (bicyclic) bond motifs is 1. The highest BCUT2D eigenvalue weighted by Gasteiger charge is 2.17. The standard InChI is InChI=1S/C18H19N3/c1-3-21-18(15-8-10-19-11-13(15)2)16-6-4-5-14-7-9-20-12-17(14)16/h4-12,18,21H,3H2,1-2H3. The quantitative estimate of drug-likeness (QED) is 0.791. The van der Waals surface area contributed by atoms with E-state index in [1.165, 1.54) is 27.5 Å². The smallest absolute Gasteiger partial charge is 0.0587 e. The summed E-state index contributed by atoms with van der Waals surface area (Å²) in [4.78, 5) is 8.50. The first-order chi connectivity index (χ1) is 10.3. The highest BCUT2D eigenvalue weighted by Crippen LogP contribution is 2.29. The summed E-state index contributed by atoms with van der Waals surface area (Å²) in [6, 6.07) is 10.7. The molecule has 0 saturated heterocycles. The van der Waals surface area contributed by atoms with E-state index in [9.17, 15) is 0 Å². The third-order valence-corrected chi connectivity index (χ3v) is 3.81. The summed E-state index contributed by atoms with van der Waals surface area (Å²) in [5, 5.41) is 6.01. The predicted octanol–water partition coefficient (Wildman–Crippen LogP) is 3.64. The van der Waals surface area contributed by atoms with E-state index in [0.29, 0.717) is 0 Å². The van der Waals surface area contributed by atoms with E-state index in [1.807, 2.05) is 24.8 Å². The fourth-order valence-electron chi connectivity index (χ4n) is 2.79. The van der Waals surface area contributed by atoms with Crippen molar-refractivity contribution >= 4 is 10.8 Å². The van der Waals surface area contributed by atoms with Crippen molar-refractivity contribution in [1.29, 1.82) is 0 Å². The van der Waals surface area contributed by atoms with Crippen molar-refractivity contribution < 1.29 is 0 Å². The molecule has 3 rings (SSSR count). The molecule has 21 heavy (non-hydrogen) atoms. The number of nitrogens with one attached hydrogen (secondary N) is 1. The molecule has 0 amide bonds. The lowest BCUT2D eigenvalue weighted by molar-refractivity contribution is 0.630. The molecule has 0 saturated carbocycles. The highest BCUT2D eigenvalue weighted by molar-refractivity contribution is 5.85. The van der Waals surface area contributed by atoms with Crippen LogP contribution < -0.4 is 5.32 Å². The number of aryl methyl sites for hydroxylation is 1. The van der Waals surface area contributed by atoms with Crippen LogP contribution in [0.2, 0.25) is 0 Å². The molecule has 1 aromatic carbocycles. The molecule has 1 unspecified atom stereocenters. The van der Waals surface area contributed by atoms with Gasteiger partial charge in [-0.3, -0.25) is 9.97 Å². The fourth-order valence-corrected chi connectivity index (χ4v) is 2.79. The second-order valence-electron chi connectivity index (χ2n) is 5.17. The van der Waals surface area contributed by atoms with E-state index in [-0.39, 0.29) is 6.04 Å². The van der Waals surface area contributed by atoms with Gasteiger partial charge in [-0.25, -0.2) is 0 Å². The summed E-state index contributed by atoms with van der Waals surface area (Å²) in [5.74, 6) is 0. The minimum Gasteiger partial charge on any atom is -0.306 e. The van der Waals surface area contributed by atoms with Crippen molar-refractivity contribution in [3.8, 4) is 0 Å². The minimum atomic E-state index is 0.158. The number of rotatable bonds is 4. The average Bonchev–Trinajstić information content (AvgIpc) is 2.53. The maximum absolute atomic E-state index is 4.29. The Morgan fingerprint density at radius 3 is 2.62 bits per heavy atom. The molecule has 0 spiro atoms. The summed E-state index contributed by atoms with van der Waals surface area (Å²) >= 11 is 0. The van der Waals surface area contributed by atoms with Crippen molar-refractivity contribution in [3.63, 3.8) is 0 Å². The van der Waals surface area contributed by atoms with Gasteiger partial charge >= 0.3 is 0 Å². The Kier molecular flexibility index (Phi) is 3.93. The molecule has 2 heterocycles. The zero-order chi connectivity index (χ0) is 14.7. The molecule has 0 bridgehead atoms. The molecule has 106 valence electrons. The Bertz CT molecular complexity index is 747. The number of hydrogen-bond acceptors (Lipinski definition) is 3. The molecule has 0 aliphatic carbocycles. The SMILES string of the molecule is CCNC(c1ccncc1C)c1cccc2ccncc12. The van der Waals surface area contributed by atoms with Crippen molar-refractivity contribution in [3.05, 3.63) is 71.8 Å². The Hall–Kier alpha value is -2.26. The first kappa shape index (κ1) is 13.7. The van der Waals surface area contributed by atoms with E-state index in [0.717, 1.165) is 6.54 Å². The Morgan fingerprint density at radius 2 is 1.81 bits per heavy atom. The van der Waals surface area contributed by atoms with Gasteiger partial charge < -0.3 is 5.32 Å². The molecular weight excluding hydrogens is 258 g/mol. The third kappa shape index (κ3) is 2.65. The number of benzene rings is 1. The first-order valence-electron chi connectivity index (χ1n) is 7.27. The molecule has 0 radical (unpaired) electrons. The van der Waals surface area contributed by atoms with Gasteiger partial charge in [-0.1, -0.05) is 25.1 Å². The summed E-state index contributed by atoms with van der Waals surface area (Å²) in [5.41, 5.74) is 3.73. The van der Waals surface area contributed by atoms with Crippen LogP contribution in [0.5, 0.6) is 0 Å². The molecule has 0 aliphatic heterocycles. The first-order valence-corrected chi connectivity index (χ1v) is 7.27. The van der Waals surface area contributed by atoms with Crippen LogP contribution in [0.25, 0.3) is 10.8 Å². The van der Waals surface area contributed by atoms with Gasteiger partial charge in [0.25, 0.3) is 0 Å². The van der Waals surface area contributed by atoms with E-state index < -0.39 is 0 Å². The van der Waals surface area contributed by atoms with Crippen LogP contribution in [0.15, 0.2) is 55.1 Å². The molecule has 3 heteroatoms. The lowest BCUT2D eigenvalue weighted by Gasteiger charge is -2.22. The second kappa shape index (κ2) is 6.02. The van der Waals surface area contributed by atoms with Gasteiger partial charge in [-0.2, -0.15) is 0 Å². The summed E-state index contributed by atoms with van der Waals surface area (Å²) in [6.45, 7) is 5.14. The summed E-state index contributed by atoms with van der Waals surface area (Å²) < 4.78 is 0. The van der Waals surface area contributed by atoms with Crippen molar-refractivity contribution in [2.75, 3.05) is 6.54 Å². The van der Waals surface area contributed by atoms with E-state index in [1.54, 1.807) is 0 Å². The molecule has 0 fully saturated rings. The lowest BCUT2D eigenvalue weighted by Crippen LogP contribution is -2.23. The second-order valence-corrected chi connectivity index (χ2v) is 5.17. The Balaban J connectivity index is 2.19. The lowest BCUT2D eigenvalue weighted by atomic mass is 9.93. The van der Waals surface area contributed by atoms with Crippen molar-refractivity contribution in [2.45, 2.75) is 19.9 Å². The van der Waals surface area contributed by atoms with Gasteiger partial charge in [0.2, 0.25) is 0 Å². The van der Waals surface area contributed by atoms with Gasteiger partial charge in [-0.05, 0) is 47.7 Å². The van der Waals surface area contributed by atoms with Gasteiger partial charge in [0.1, 0.15) is 0 Å².